The second-order valence-electron chi connectivity index (χ2n) is 7.16. The van der Waals surface area contributed by atoms with Gasteiger partial charge in [0, 0.05) is 24.6 Å². The van der Waals surface area contributed by atoms with Crippen molar-refractivity contribution in [3.63, 3.8) is 0 Å². The molecule has 2 aliphatic rings. The van der Waals surface area contributed by atoms with Crippen molar-refractivity contribution in [3.05, 3.63) is 35.6 Å². The van der Waals surface area contributed by atoms with Gasteiger partial charge in [-0.2, -0.15) is 0 Å². The first kappa shape index (κ1) is 18.4. The monoisotopic (exact) mass is 340 g/mol. The van der Waals surface area contributed by atoms with Crippen molar-refractivity contribution in [1.82, 2.24) is 10.2 Å². The zero-order chi connectivity index (χ0) is 15.6. The lowest BCUT2D eigenvalue weighted by Crippen LogP contribution is -2.43. The fourth-order valence-corrected chi connectivity index (χ4v) is 3.75. The third-order valence-electron chi connectivity index (χ3n) is 5.15. The fraction of sp³-hybridized carbons (Fsp3) is 0.611. The third-order valence-corrected chi connectivity index (χ3v) is 5.15. The van der Waals surface area contributed by atoms with Gasteiger partial charge in [0.15, 0.2) is 5.78 Å². The summed E-state index contributed by atoms with van der Waals surface area (Å²) in [5, 5.41) is 3.44. The molecule has 2 fully saturated rings. The molecule has 0 bridgehead atoms. The van der Waals surface area contributed by atoms with Gasteiger partial charge in [0.2, 0.25) is 0 Å². The topological polar surface area (TPSA) is 32.3 Å². The maximum absolute atomic E-state index is 13.0. The van der Waals surface area contributed by atoms with E-state index in [2.05, 4.69) is 17.1 Å². The Morgan fingerprint density at radius 2 is 1.96 bits per heavy atom. The van der Waals surface area contributed by atoms with Crippen LogP contribution in [0.1, 0.15) is 36.5 Å². The Hall–Kier alpha value is -0.970. The molecular formula is C18H26ClFN2O. The molecule has 128 valence electrons. The molecule has 0 aliphatic carbocycles. The number of piperidine rings is 1. The molecule has 2 saturated heterocycles. The molecular weight excluding hydrogens is 315 g/mol. The summed E-state index contributed by atoms with van der Waals surface area (Å²) < 4.78 is 13.0. The second-order valence-corrected chi connectivity index (χ2v) is 7.16. The summed E-state index contributed by atoms with van der Waals surface area (Å²) in [7, 11) is 0. The van der Waals surface area contributed by atoms with E-state index in [4.69, 9.17) is 0 Å². The molecule has 5 heteroatoms. The van der Waals surface area contributed by atoms with Gasteiger partial charge in [-0.1, -0.05) is 6.92 Å². The number of ketones is 1. The number of likely N-dealkylation sites (tertiary alicyclic amines) is 1. The van der Waals surface area contributed by atoms with Crippen LogP contribution in [0.4, 0.5) is 4.39 Å². The summed E-state index contributed by atoms with van der Waals surface area (Å²) in [5.41, 5.74) is 1.03. The van der Waals surface area contributed by atoms with Crippen molar-refractivity contribution in [2.75, 3.05) is 32.7 Å². The third kappa shape index (κ3) is 4.52. The predicted octanol–water partition coefficient (Wildman–Crippen LogP) is 3.14. The van der Waals surface area contributed by atoms with Crippen molar-refractivity contribution >= 4 is 18.2 Å². The first-order chi connectivity index (χ1) is 10.6. The standard InChI is InChI=1S/C18H25FN2O.ClH/c1-18(8-9-20-12-18)13-21-10-6-15(7-11-21)17(22)14-2-4-16(19)5-3-14;/h2-5,15,20H,6-13H2,1H3;1H. The van der Waals surface area contributed by atoms with E-state index in [0.717, 1.165) is 45.6 Å². The van der Waals surface area contributed by atoms with Crippen LogP contribution in [0.25, 0.3) is 0 Å². The molecule has 0 amide bonds. The molecule has 2 heterocycles. The van der Waals surface area contributed by atoms with E-state index in [-0.39, 0.29) is 29.9 Å². The number of carbonyl (C=O) groups excluding carboxylic acids is 1. The molecule has 3 nitrogen and oxygen atoms in total. The van der Waals surface area contributed by atoms with Crippen molar-refractivity contribution in [2.45, 2.75) is 26.2 Å². The van der Waals surface area contributed by atoms with Crippen molar-refractivity contribution in [1.29, 1.82) is 0 Å². The highest BCUT2D eigenvalue weighted by atomic mass is 35.5. The van der Waals surface area contributed by atoms with Gasteiger partial charge in [-0.25, -0.2) is 4.39 Å². The number of Topliss-reactive ketones (excluding diaryl/α,β-unsaturated/α-hetero) is 1. The summed E-state index contributed by atoms with van der Waals surface area (Å²) in [5.74, 6) is -0.0191. The number of halogens is 2. The molecule has 2 aliphatic heterocycles. The van der Waals surface area contributed by atoms with Crippen LogP contribution in [0.15, 0.2) is 24.3 Å². The predicted molar refractivity (Wildman–Crippen MR) is 92.7 cm³/mol. The smallest absolute Gasteiger partial charge is 0.166 e. The highest BCUT2D eigenvalue weighted by Gasteiger charge is 2.33. The molecule has 0 radical (unpaired) electrons. The van der Waals surface area contributed by atoms with Gasteiger partial charge >= 0.3 is 0 Å². The van der Waals surface area contributed by atoms with Crippen LogP contribution in [0, 0.1) is 17.2 Å². The SMILES string of the molecule is CC1(CN2CCC(C(=O)c3ccc(F)cc3)CC2)CCNC1.Cl. The quantitative estimate of drug-likeness (QED) is 0.855. The highest BCUT2D eigenvalue weighted by Crippen LogP contribution is 2.29. The Balaban J connectivity index is 0.00000192. The number of carbonyl (C=O) groups is 1. The Morgan fingerprint density at radius 1 is 1.30 bits per heavy atom. The number of nitrogens with one attached hydrogen (secondary N) is 1. The Morgan fingerprint density at radius 3 is 2.52 bits per heavy atom. The van der Waals surface area contributed by atoms with Gasteiger partial charge in [0.25, 0.3) is 0 Å². The van der Waals surface area contributed by atoms with E-state index < -0.39 is 0 Å². The van der Waals surface area contributed by atoms with Crippen molar-refractivity contribution in [3.8, 4) is 0 Å². The molecule has 1 atom stereocenters. The Bertz CT molecular complexity index is 520. The first-order valence-corrected chi connectivity index (χ1v) is 8.29. The Kier molecular flexibility index (Phi) is 6.18. The van der Waals surface area contributed by atoms with Crippen LogP contribution in [0.3, 0.4) is 0 Å². The number of hydrogen-bond donors (Lipinski definition) is 1. The van der Waals surface area contributed by atoms with Crippen molar-refractivity contribution < 1.29 is 9.18 Å². The van der Waals surface area contributed by atoms with Gasteiger partial charge in [0.05, 0.1) is 0 Å². The van der Waals surface area contributed by atoms with E-state index in [0.29, 0.717) is 11.0 Å². The number of hydrogen-bond acceptors (Lipinski definition) is 3. The van der Waals surface area contributed by atoms with Crippen LogP contribution < -0.4 is 5.32 Å². The average molecular weight is 341 g/mol. The number of nitrogens with zero attached hydrogens (tertiary/aromatic N) is 1. The molecule has 0 spiro atoms. The van der Waals surface area contributed by atoms with E-state index >= 15 is 0 Å². The van der Waals surface area contributed by atoms with Gasteiger partial charge < -0.3 is 10.2 Å². The molecule has 1 aromatic rings. The maximum Gasteiger partial charge on any atom is 0.166 e. The fourth-order valence-electron chi connectivity index (χ4n) is 3.75. The summed E-state index contributed by atoms with van der Waals surface area (Å²) in [6.07, 6.45) is 3.07. The van der Waals surface area contributed by atoms with E-state index in [1.54, 1.807) is 12.1 Å². The molecule has 3 rings (SSSR count). The zero-order valence-electron chi connectivity index (χ0n) is 13.7. The second kappa shape index (κ2) is 7.73. The van der Waals surface area contributed by atoms with Gasteiger partial charge in [-0.05, 0) is 68.6 Å². The van der Waals surface area contributed by atoms with Crippen molar-refractivity contribution in [2.24, 2.45) is 11.3 Å². The first-order valence-electron chi connectivity index (χ1n) is 8.29. The lowest BCUT2D eigenvalue weighted by atomic mass is 9.85. The van der Waals surface area contributed by atoms with Gasteiger partial charge in [0.1, 0.15) is 5.82 Å². The van der Waals surface area contributed by atoms with Crippen LogP contribution in [-0.2, 0) is 0 Å². The molecule has 0 saturated carbocycles. The zero-order valence-corrected chi connectivity index (χ0v) is 14.5. The minimum atomic E-state index is -0.287. The highest BCUT2D eigenvalue weighted by molar-refractivity contribution is 5.97. The normalized spacial score (nSPS) is 26.0. The molecule has 1 unspecified atom stereocenters. The van der Waals surface area contributed by atoms with Crippen LogP contribution in [0.5, 0.6) is 0 Å². The summed E-state index contributed by atoms with van der Waals surface area (Å²) in [6.45, 7) is 7.68. The molecule has 1 N–H and O–H groups in total. The molecule has 0 aromatic heterocycles. The lowest BCUT2D eigenvalue weighted by Gasteiger charge is -2.36. The summed E-state index contributed by atoms with van der Waals surface area (Å²) in [6, 6.07) is 5.96. The maximum atomic E-state index is 13.0. The number of benzene rings is 1. The molecule has 1 aromatic carbocycles. The van der Waals surface area contributed by atoms with E-state index in [9.17, 15) is 9.18 Å². The van der Waals surface area contributed by atoms with E-state index in [1.807, 2.05) is 0 Å². The van der Waals surface area contributed by atoms with Gasteiger partial charge in [-0.3, -0.25) is 4.79 Å². The van der Waals surface area contributed by atoms with Crippen LogP contribution >= 0.6 is 12.4 Å². The van der Waals surface area contributed by atoms with Crippen LogP contribution in [0.2, 0.25) is 0 Å². The minimum absolute atomic E-state index is 0. The van der Waals surface area contributed by atoms with Crippen LogP contribution in [-0.4, -0.2) is 43.4 Å². The summed E-state index contributed by atoms with van der Waals surface area (Å²) in [4.78, 5) is 15.0. The Labute approximate surface area is 144 Å². The molecule has 23 heavy (non-hydrogen) atoms. The van der Waals surface area contributed by atoms with Gasteiger partial charge in [-0.15, -0.1) is 12.4 Å². The largest absolute Gasteiger partial charge is 0.316 e. The number of rotatable bonds is 4. The average Bonchev–Trinajstić information content (AvgIpc) is 2.94. The van der Waals surface area contributed by atoms with E-state index in [1.165, 1.54) is 18.6 Å². The lowest BCUT2D eigenvalue weighted by molar-refractivity contribution is 0.0797. The summed E-state index contributed by atoms with van der Waals surface area (Å²) >= 11 is 0. The minimum Gasteiger partial charge on any atom is -0.316 e.